The van der Waals surface area contributed by atoms with Crippen LogP contribution in [0.15, 0.2) is 0 Å². The molecular formula is C14H30N2O. The molecule has 0 aromatic carbocycles. The molecule has 0 amide bonds. The summed E-state index contributed by atoms with van der Waals surface area (Å²) < 4.78 is 5.46. The molecule has 3 heteroatoms. The van der Waals surface area contributed by atoms with Crippen molar-refractivity contribution in [1.82, 2.24) is 4.90 Å². The highest BCUT2D eigenvalue weighted by atomic mass is 16.5. The minimum absolute atomic E-state index is 0.338. The quantitative estimate of drug-likeness (QED) is 0.726. The van der Waals surface area contributed by atoms with Crippen LogP contribution in [0.25, 0.3) is 0 Å². The Morgan fingerprint density at radius 3 is 2.65 bits per heavy atom. The van der Waals surface area contributed by atoms with Crippen molar-refractivity contribution in [2.24, 2.45) is 11.1 Å². The molecule has 102 valence electrons. The average molecular weight is 242 g/mol. The Kier molecular flexibility index (Phi) is 5.90. The van der Waals surface area contributed by atoms with Crippen molar-refractivity contribution < 1.29 is 4.74 Å². The number of hydrogen-bond donors (Lipinski definition) is 1. The summed E-state index contributed by atoms with van der Waals surface area (Å²) in [5.41, 5.74) is 6.74. The normalized spacial score (nSPS) is 28.6. The Labute approximate surface area is 107 Å². The Morgan fingerprint density at radius 2 is 2.06 bits per heavy atom. The number of likely N-dealkylation sites (N-methyl/N-ethyl adjacent to an activating group) is 1. The third-order valence-corrected chi connectivity index (χ3v) is 4.01. The zero-order chi connectivity index (χ0) is 12.9. The highest BCUT2D eigenvalue weighted by Crippen LogP contribution is 2.36. The first-order valence-corrected chi connectivity index (χ1v) is 7.07. The van der Waals surface area contributed by atoms with Gasteiger partial charge in [-0.3, -0.25) is 4.90 Å². The molecule has 0 spiro atoms. The predicted molar refractivity (Wildman–Crippen MR) is 73.1 cm³/mol. The molecule has 1 aliphatic rings. The van der Waals surface area contributed by atoms with Gasteiger partial charge in [0, 0.05) is 25.2 Å². The number of nitrogens with two attached hydrogens (primary N) is 1. The highest BCUT2D eigenvalue weighted by Gasteiger charge is 2.35. The zero-order valence-corrected chi connectivity index (χ0v) is 12.0. The molecule has 1 aliphatic carbocycles. The molecule has 2 atom stereocenters. The lowest BCUT2D eigenvalue weighted by Crippen LogP contribution is -2.53. The molecule has 0 aromatic heterocycles. The van der Waals surface area contributed by atoms with Crippen LogP contribution in [-0.4, -0.2) is 43.3 Å². The summed E-state index contributed by atoms with van der Waals surface area (Å²) in [6.45, 7) is 12.7. The standard InChI is InChI=1S/C14H30N2O/c1-5-16(9-10-17-6-2)13-11-14(3,4)8-7-12(13)15/h12-13H,5-11,15H2,1-4H3. The SMILES string of the molecule is CCOCCN(CC)C1CC(C)(C)CCC1N. The Balaban J connectivity index is 2.52. The maximum absolute atomic E-state index is 6.30. The van der Waals surface area contributed by atoms with Crippen LogP contribution in [0.4, 0.5) is 0 Å². The van der Waals surface area contributed by atoms with E-state index >= 15 is 0 Å². The fraction of sp³-hybridized carbons (Fsp3) is 1.00. The lowest BCUT2D eigenvalue weighted by atomic mass is 9.72. The summed E-state index contributed by atoms with van der Waals surface area (Å²) >= 11 is 0. The summed E-state index contributed by atoms with van der Waals surface area (Å²) in [4.78, 5) is 2.50. The molecule has 0 radical (unpaired) electrons. The topological polar surface area (TPSA) is 38.5 Å². The number of ether oxygens (including phenoxy) is 1. The van der Waals surface area contributed by atoms with Gasteiger partial charge in [-0.25, -0.2) is 0 Å². The second-order valence-electron chi connectivity index (χ2n) is 5.96. The largest absolute Gasteiger partial charge is 0.380 e. The van der Waals surface area contributed by atoms with Crippen molar-refractivity contribution in [3.8, 4) is 0 Å². The van der Waals surface area contributed by atoms with Crippen molar-refractivity contribution in [2.45, 2.75) is 59.0 Å². The molecule has 0 aromatic rings. The van der Waals surface area contributed by atoms with E-state index in [-0.39, 0.29) is 0 Å². The molecule has 17 heavy (non-hydrogen) atoms. The molecule has 3 nitrogen and oxygen atoms in total. The van der Waals surface area contributed by atoms with Gasteiger partial charge in [-0.1, -0.05) is 20.8 Å². The number of nitrogens with zero attached hydrogens (tertiary/aromatic N) is 1. The second-order valence-corrected chi connectivity index (χ2v) is 5.96. The molecule has 1 fully saturated rings. The fourth-order valence-electron chi connectivity index (χ4n) is 2.85. The fourth-order valence-corrected chi connectivity index (χ4v) is 2.85. The van der Waals surface area contributed by atoms with E-state index in [1.54, 1.807) is 0 Å². The number of hydrogen-bond acceptors (Lipinski definition) is 3. The minimum Gasteiger partial charge on any atom is -0.380 e. The average Bonchev–Trinajstić information content (AvgIpc) is 2.28. The van der Waals surface area contributed by atoms with Gasteiger partial charge in [0.25, 0.3) is 0 Å². The maximum atomic E-state index is 6.30. The number of rotatable bonds is 6. The van der Waals surface area contributed by atoms with Gasteiger partial charge in [-0.15, -0.1) is 0 Å². The van der Waals surface area contributed by atoms with Crippen molar-refractivity contribution >= 4 is 0 Å². The van der Waals surface area contributed by atoms with E-state index < -0.39 is 0 Å². The van der Waals surface area contributed by atoms with Crippen LogP contribution >= 0.6 is 0 Å². The third kappa shape index (κ3) is 4.57. The van der Waals surface area contributed by atoms with Crippen LogP contribution in [0.2, 0.25) is 0 Å². The third-order valence-electron chi connectivity index (χ3n) is 4.01. The molecule has 0 saturated heterocycles. The van der Waals surface area contributed by atoms with Crippen LogP contribution in [0.1, 0.15) is 47.0 Å². The summed E-state index contributed by atoms with van der Waals surface area (Å²) in [6.07, 6.45) is 3.63. The molecule has 1 rings (SSSR count). The van der Waals surface area contributed by atoms with Gasteiger partial charge in [0.1, 0.15) is 0 Å². The van der Waals surface area contributed by atoms with E-state index in [0.717, 1.165) is 32.7 Å². The highest BCUT2D eigenvalue weighted by molar-refractivity contribution is 4.92. The van der Waals surface area contributed by atoms with E-state index in [4.69, 9.17) is 10.5 Å². The first-order chi connectivity index (χ1) is 8.00. The molecule has 1 saturated carbocycles. The van der Waals surface area contributed by atoms with Crippen molar-refractivity contribution in [3.05, 3.63) is 0 Å². The van der Waals surface area contributed by atoms with Crippen molar-refractivity contribution in [1.29, 1.82) is 0 Å². The first kappa shape index (κ1) is 14.9. The molecule has 2 unspecified atom stereocenters. The van der Waals surface area contributed by atoms with Gasteiger partial charge >= 0.3 is 0 Å². The van der Waals surface area contributed by atoms with Crippen molar-refractivity contribution in [3.63, 3.8) is 0 Å². The van der Waals surface area contributed by atoms with E-state index in [9.17, 15) is 0 Å². The van der Waals surface area contributed by atoms with E-state index in [2.05, 4.69) is 25.7 Å². The summed E-state index contributed by atoms with van der Waals surface area (Å²) in [6, 6.07) is 0.869. The van der Waals surface area contributed by atoms with Crippen LogP contribution in [0.3, 0.4) is 0 Å². The molecule has 0 heterocycles. The maximum Gasteiger partial charge on any atom is 0.0593 e. The first-order valence-electron chi connectivity index (χ1n) is 7.07. The monoisotopic (exact) mass is 242 g/mol. The smallest absolute Gasteiger partial charge is 0.0593 e. The van der Waals surface area contributed by atoms with Crippen LogP contribution in [0, 0.1) is 5.41 Å². The van der Waals surface area contributed by atoms with E-state index in [1.165, 1.54) is 12.8 Å². The minimum atomic E-state index is 0.338. The van der Waals surface area contributed by atoms with Gasteiger partial charge < -0.3 is 10.5 Å². The predicted octanol–water partition coefficient (Wildman–Crippen LogP) is 2.25. The molecule has 0 bridgehead atoms. The van der Waals surface area contributed by atoms with E-state index in [0.29, 0.717) is 17.5 Å². The Hall–Kier alpha value is -0.120. The summed E-state index contributed by atoms with van der Waals surface area (Å²) in [7, 11) is 0. The molecule has 0 aliphatic heterocycles. The summed E-state index contributed by atoms with van der Waals surface area (Å²) in [5, 5.41) is 0. The van der Waals surface area contributed by atoms with Gasteiger partial charge in [0.05, 0.1) is 6.61 Å². The summed E-state index contributed by atoms with van der Waals surface area (Å²) in [5.74, 6) is 0. The second kappa shape index (κ2) is 6.72. The Bertz CT molecular complexity index is 218. The lowest BCUT2D eigenvalue weighted by molar-refractivity contribution is 0.0501. The van der Waals surface area contributed by atoms with Crippen molar-refractivity contribution in [2.75, 3.05) is 26.3 Å². The lowest BCUT2D eigenvalue weighted by Gasteiger charge is -2.44. The zero-order valence-electron chi connectivity index (χ0n) is 12.0. The molecular weight excluding hydrogens is 212 g/mol. The Morgan fingerprint density at radius 1 is 1.35 bits per heavy atom. The van der Waals surface area contributed by atoms with Gasteiger partial charge in [-0.05, 0) is 38.1 Å². The molecule has 2 N–H and O–H groups in total. The van der Waals surface area contributed by atoms with Crippen LogP contribution < -0.4 is 5.73 Å². The van der Waals surface area contributed by atoms with E-state index in [1.807, 2.05) is 6.92 Å². The van der Waals surface area contributed by atoms with Crippen LogP contribution in [-0.2, 0) is 4.74 Å². The van der Waals surface area contributed by atoms with Gasteiger partial charge in [0.2, 0.25) is 0 Å². The van der Waals surface area contributed by atoms with Crippen LogP contribution in [0.5, 0.6) is 0 Å². The van der Waals surface area contributed by atoms with Gasteiger partial charge in [-0.2, -0.15) is 0 Å². The van der Waals surface area contributed by atoms with Gasteiger partial charge in [0.15, 0.2) is 0 Å².